The summed E-state index contributed by atoms with van der Waals surface area (Å²) in [6.45, 7) is 10.0. The van der Waals surface area contributed by atoms with E-state index in [0.717, 1.165) is 5.70 Å². The van der Waals surface area contributed by atoms with Gasteiger partial charge < -0.3 is 5.32 Å². The van der Waals surface area contributed by atoms with Gasteiger partial charge in [0.15, 0.2) is 0 Å². The molecule has 0 saturated carbocycles. The van der Waals surface area contributed by atoms with Crippen molar-refractivity contribution in [1.82, 2.24) is 5.32 Å². The van der Waals surface area contributed by atoms with Gasteiger partial charge >= 0.3 is 0 Å². The van der Waals surface area contributed by atoms with Crippen molar-refractivity contribution in [1.29, 1.82) is 0 Å². The van der Waals surface area contributed by atoms with Gasteiger partial charge in [0.05, 0.1) is 0 Å². The molecule has 1 N–H and O–H groups in total. The highest BCUT2D eigenvalue weighted by Gasteiger charge is 1.76. The van der Waals surface area contributed by atoms with Crippen LogP contribution < -0.4 is 5.32 Å². The Morgan fingerprint density at radius 3 is 2.08 bits per heavy atom. The van der Waals surface area contributed by atoms with E-state index in [1.54, 1.807) is 0 Å². The Hall–Kier alpha value is -0.980. The van der Waals surface area contributed by atoms with Gasteiger partial charge in [-0.2, -0.15) is 0 Å². The highest BCUT2D eigenvalue weighted by Crippen LogP contribution is 1.86. The maximum Gasteiger partial charge on any atom is 0.0114 e. The van der Waals surface area contributed by atoms with Crippen molar-refractivity contribution in [3.8, 4) is 0 Å². The van der Waals surface area contributed by atoms with Crippen molar-refractivity contribution in [2.75, 3.05) is 0 Å². The van der Waals surface area contributed by atoms with Crippen molar-refractivity contribution in [2.24, 2.45) is 0 Å². The Morgan fingerprint density at radius 1 is 1.08 bits per heavy atom. The number of allylic oxidation sites excluding steroid dienone is 5. The van der Waals surface area contributed by atoms with Crippen LogP contribution in [0.25, 0.3) is 0 Å². The lowest BCUT2D eigenvalue weighted by molar-refractivity contribution is 1.06. The Morgan fingerprint density at radius 2 is 1.67 bits per heavy atom. The number of rotatable bonds is 3. The minimum Gasteiger partial charge on any atom is -0.366 e. The first-order valence-corrected chi connectivity index (χ1v) is 4.48. The van der Waals surface area contributed by atoms with Crippen LogP contribution in [-0.2, 0) is 0 Å². The second-order valence-electron chi connectivity index (χ2n) is 2.02. The van der Waals surface area contributed by atoms with Crippen LogP contribution in [0.5, 0.6) is 0 Å². The Balaban J connectivity index is 0. The van der Waals surface area contributed by atoms with E-state index in [1.165, 1.54) is 0 Å². The summed E-state index contributed by atoms with van der Waals surface area (Å²) in [6, 6.07) is 0. The van der Waals surface area contributed by atoms with Crippen LogP contribution in [0, 0.1) is 0 Å². The molecule has 0 aliphatic rings. The van der Waals surface area contributed by atoms with Gasteiger partial charge in [-0.25, -0.2) is 0 Å². The lowest BCUT2D eigenvalue weighted by atomic mass is 10.4. The number of nitrogens with one attached hydrogen (secondary N) is 1. The first-order chi connectivity index (χ1) is 5.81. The van der Waals surface area contributed by atoms with E-state index in [1.807, 2.05) is 65.1 Å². The molecular formula is C11H21N. The van der Waals surface area contributed by atoms with Crippen LogP contribution in [0.1, 0.15) is 34.6 Å². The highest BCUT2D eigenvalue weighted by atomic mass is 14.8. The van der Waals surface area contributed by atoms with Gasteiger partial charge in [0.2, 0.25) is 0 Å². The minimum absolute atomic E-state index is 1.15. The summed E-state index contributed by atoms with van der Waals surface area (Å²) in [5, 5.41) is 3.10. The van der Waals surface area contributed by atoms with Crippen LogP contribution in [0.15, 0.2) is 36.2 Å². The SMILES string of the molecule is C/C=C\N/C(C)=C\C=C\C.CC. The Bertz CT molecular complexity index is 152. The quantitative estimate of drug-likeness (QED) is 0.633. The fourth-order valence-corrected chi connectivity index (χ4v) is 0.503. The largest absolute Gasteiger partial charge is 0.366 e. The van der Waals surface area contributed by atoms with Gasteiger partial charge in [-0.05, 0) is 33.0 Å². The summed E-state index contributed by atoms with van der Waals surface area (Å²) in [7, 11) is 0. The molecule has 12 heavy (non-hydrogen) atoms. The molecule has 0 fully saturated rings. The normalized spacial score (nSPS) is 11.6. The minimum atomic E-state index is 1.15. The maximum atomic E-state index is 3.10. The van der Waals surface area contributed by atoms with E-state index in [0.29, 0.717) is 0 Å². The summed E-state index contributed by atoms with van der Waals surface area (Å²) in [5.41, 5.74) is 1.15. The smallest absolute Gasteiger partial charge is 0.0114 e. The van der Waals surface area contributed by atoms with E-state index < -0.39 is 0 Å². The molecular weight excluding hydrogens is 146 g/mol. The van der Waals surface area contributed by atoms with E-state index >= 15 is 0 Å². The molecule has 0 aliphatic heterocycles. The molecule has 0 radical (unpaired) electrons. The van der Waals surface area contributed by atoms with E-state index in [4.69, 9.17) is 0 Å². The van der Waals surface area contributed by atoms with Crippen LogP contribution in [0.2, 0.25) is 0 Å². The van der Waals surface area contributed by atoms with Gasteiger partial charge in [-0.1, -0.05) is 32.1 Å². The van der Waals surface area contributed by atoms with Crippen molar-refractivity contribution in [3.63, 3.8) is 0 Å². The Kier molecular flexibility index (Phi) is 14.4. The standard InChI is InChI=1S/C9H15N.C2H6/c1-4-6-7-9(3)10-8-5-2;1-2/h4-8,10H,1-3H3;1-2H3/b6-4+,8-5-,9-7-;. The van der Waals surface area contributed by atoms with Gasteiger partial charge in [0.25, 0.3) is 0 Å². The molecule has 0 aliphatic carbocycles. The van der Waals surface area contributed by atoms with Crippen molar-refractivity contribution in [2.45, 2.75) is 34.6 Å². The molecule has 1 heteroatoms. The summed E-state index contributed by atoms with van der Waals surface area (Å²) < 4.78 is 0. The molecule has 0 aromatic carbocycles. The second-order valence-corrected chi connectivity index (χ2v) is 2.02. The predicted molar refractivity (Wildman–Crippen MR) is 57.9 cm³/mol. The number of hydrogen-bond donors (Lipinski definition) is 1. The van der Waals surface area contributed by atoms with E-state index in [2.05, 4.69) is 5.32 Å². The predicted octanol–water partition coefficient (Wildman–Crippen LogP) is 3.62. The molecule has 0 bridgehead atoms. The molecule has 0 amide bonds. The molecule has 0 aromatic heterocycles. The van der Waals surface area contributed by atoms with Gasteiger partial charge in [-0.15, -0.1) is 0 Å². The van der Waals surface area contributed by atoms with Crippen LogP contribution in [0.3, 0.4) is 0 Å². The first kappa shape index (κ1) is 13.6. The third kappa shape index (κ3) is 11.8. The molecule has 0 aromatic rings. The summed E-state index contributed by atoms with van der Waals surface area (Å²) in [5.74, 6) is 0. The van der Waals surface area contributed by atoms with Gasteiger partial charge in [0.1, 0.15) is 0 Å². The van der Waals surface area contributed by atoms with Crippen molar-refractivity contribution >= 4 is 0 Å². The summed E-state index contributed by atoms with van der Waals surface area (Å²) in [4.78, 5) is 0. The van der Waals surface area contributed by atoms with E-state index in [9.17, 15) is 0 Å². The lowest BCUT2D eigenvalue weighted by Crippen LogP contribution is -1.99. The monoisotopic (exact) mass is 167 g/mol. The zero-order valence-electron chi connectivity index (χ0n) is 8.89. The third-order valence-corrected chi connectivity index (χ3v) is 1.02. The topological polar surface area (TPSA) is 12.0 Å². The average Bonchev–Trinajstić information content (AvgIpc) is 2.14. The van der Waals surface area contributed by atoms with E-state index in [-0.39, 0.29) is 0 Å². The second kappa shape index (κ2) is 12.7. The molecule has 0 heterocycles. The molecule has 1 nitrogen and oxygen atoms in total. The third-order valence-electron chi connectivity index (χ3n) is 1.02. The fourth-order valence-electron chi connectivity index (χ4n) is 0.503. The lowest BCUT2D eigenvalue weighted by Gasteiger charge is -1.95. The van der Waals surface area contributed by atoms with Crippen LogP contribution in [-0.4, -0.2) is 0 Å². The molecule has 70 valence electrons. The van der Waals surface area contributed by atoms with Crippen LogP contribution in [0.4, 0.5) is 0 Å². The molecule has 0 atom stereocenters. The van der Waals surface area contributed by atoms with Crippen LogP contribution >= 0.6 is 0 Å². The zero-order valence-corrected chi connectivity index (χ0v) is 8.89. The fraction of sp³-hybridized carbons (Fsp3) is 0.455. The van der Waals surface area contributed by atoms with Crippen molar-refractivity contribution < 1.29 is 0 Å². The van der Waals surface area contributed by atoms with Crippen molar-refractivity contribution in [3.05, 3.63) is 36.2 Å². The number of hydrogen-bond acceptors (Lipinski definition) is 1. The van der Waals surface area contributed by atoms with Gasteiger partial charge in [-0.3, -0.25) is 0 Å². The highest BCUT2D eigenvalue weighted by molar-refractivity contribution is 5.09. The van der Waals surface area contributed by atoms with Gasteiger partial charge in [0, 0.05) is 5.70 Å². The molecule has 0 spiro atoms. The molecule has 0 saturated heterocycles. The average molecular weight is 167 g/mol. The molecule has 0 rings (SSSR count). The first-order valence-electron chi connectivity index (χ1n) is 4.48. The maximum absolute atomic E-state index is 3.10. The molecule has 0 unspecified atom stereocenters. The zero-order chi connectivity index (χ0) is 9.82. The Labute approximate surface area is 76.9 Å². The summed E-state index contributed by atoms with van der Waals surface area (Å²) >= 11 is 0. The summed E-state index contributed by atoms with van der Waals surface area (Å²) in [6.07, 6.45) is 9.91.